The quantitative estimate of drug-likeness (QED) is 0.462. The van der Waals surface area contributed by atoms with Crippen molar-refractivity contribution in [1.82, 2.24) is 4.90 Å². The number of benzene rings is 2. The molecule has 2 aromatic carbocycles. The first-order valence-electron chi connectivity index (χ1n) is 14.3. The fraction of sp³-hybridized carbons (Fsp3) is 0.594. The second-order valence-electron chi connectivity index (χ2n) is 12.7. The molecule has 6 atom stereocenters. The number of hydrogen-bond donors (Lipinski definition) is 0. The Morgan fingerprint density at radius 3 is 2.76 bits per heavy atom. The minimum absolute atomic E-state index is 0.0413. The Labute approximate surface area is 219 Å². The topological polar surface area (TPSA) is 35.3 Å². The normalized spacial score (nSPS) is 38.6. The van der Waals surface area contributed by atoms with Gasteiger partial charge in [-0.15, -0.1) is 0 Å². The van der Waals surface area contributed by atoms with Crippen molar-refractivity contribution in [3.05, 3.63) is 70.6 Å². The van der Waals surface area contributed by atoms with Gasteiger partial charge in [-0.05, 0) is 74.1 Å². The van der Waals surface area contributed by atoms with Crippen LogP contribution in [0.15, 0.2) is 42.5 Å². The van der Waals surface area contributed by atoms with E-state index in [1.165, 1.54) is 42.5 Å². The molecule has 4 bridgehead atoms. The van der Waals surface area contributed by atoms with Crippen LogP contribution in [0.25, 0.3) is 4.85 Å². The van der Waals surface area contributed by atoms with Gasteiger partial charge < -0.3 is 14.2 Å². The highest BCUT2D eigenvalue weighted by molar-refractivity contribution is 5.70. The number of nitrogens with zero attached hydrogens (tertiary/aromatic N) is 2. The summed E-state index contributed by atoms with van der Waals surface area (Å²) in [7, 11) is 1.89. The largest absolute Gasteiger partial charge is 0.497 e. The first-order chi connectivity index (χ1) is 18.1. The number of ether oxygens (including phenoxy) is 3. The van der Waals surface area contributed by atoms with Gasteiger partial charge in [-0.3, -0.25) is 4.90 Å². The van der Waals surface area contributed by atoms with Crippen LogP contribution >= 0.6 is 0 Å². The second-order valence-corrected chi connectivity index (χ2v) is 12.7. The Kier molecular flexibility index (Phi) is 4.77. The summed E-state index contributed by atoms with van der Waals surface area (Å²) in [5, 5.41) is 0. The lowest BCUT2D eigenvalue weighted by molar-refractivity contribution is -0.283. The van der Waals surface area contributed by atoms with Gasteiger partial charge in [0, 0.05) is 36.4 Å². The van der Waals surface area contributed by atoms with Crippen LogP contribution in [0.2, 0.25) is 0 Å². The molecular weight excluding hydrogens is 460 g/mol. The number of piperidine rings is 1. The number of methoxy groups -OCH3 is 1. The van der Waals surface area contributed by atoms with Crippen molar-refractivity contribution in [2.45, 2.75) is 74.7 Å². The van der Waals surface area contributed by atoms with Gasteiger partial charge in [0.05, 0.1) is 19.8 Å². The van der Waals surface area contributed by atoms with E-state index in [0.717, 1.165) is 43.9 Å². The molecule has 4 saturated carbocycles. The van der Waals surface area contributed by atoms with Crippen molar-refractivity contribution in [2.75, 3.05) is 26.8 Å². The van der Waals surface area contributed by atoms with Crippen LogP contribution < -0.4 is 4.74 Å². The Hall–Kier alpha value is -2.39. The summed E-state index contributed by atoms with van der Waals surface area (Å²) >= 11 is 0. The summed E-state index contributed by atoms with van der Waals surface area (Å²) in [5.74, 6) is 2.05. The van der Waals surface area contributed by atoms with Crippen LogP contribution in [0.3, 0.4) is 0 Å². The van der Waals surface area contributed by atoms with Crippen molar-refractivity contribution in [1.29, 1.82) is 0 Å². The number of hydrogen-bond acceptors (Lipinski definition) is 4. The number of likely N-dealkylation sites (tertiary alicyclic amines) is 1. The van der Waals surface area contributed by atoms with E-state index in [0.29, 0.717) is 24.9 Å². The Morgan fingerprint density at radius 2 is 1.97 bits per heavy atom. The lowest BCUT2D eigenvalue weighted by Gasteiger charge is -2.74. The third-order valence-corrected chi connectivity index (χ3v) is 11.4. The molecular formula is C32H36N2O3. The molecule has 0 amide bonds. The van der Waals surface area contributed by atoms with Crippen molar-refractivity contribution >= 4 is 5.69 Å². The molecule has 7 aliphatic rings. The van der Waals surface area contributed by atoms with Crippen LogP contribution in [-0.4, -0.2) is 49.5 Å². The predicted octanol–water partition coefficient (Wildman–Crippen LogP) is 5.68. The van der Waals surface area contributed by atoms with E-state index in [1.807, 2.05) is 13.2 Å². The summed E-state index contributed by atoms with van der Waals surface area (Å²) in [6, 6.07) is 15.3. The minimum atomic E-state index is -0.380. The van der Waals surface area contributed by atoms with Crippen molar-refractivity contribution in [3.63, 3.8) is 0 Å². The standard InChI is InChI=1S/C32H36N2O3/c1-33-25-11-10-23-16-26-30-12-13-32(35-2,24(17-30)20-36-19-22-6-4-3-5-7-22)29-31(30,27(23)28(25)37-29)14-15-34(26)18-21-8-9-21/h3-7,10-11,21,24,26,29H,8-9,12-20H2,2H3/t24?,26-,29-,30?,31+,32?/m1/s1. The van der Waals surface area contributed by atoms with Gasteiger partial charge in [0.15, 0.2) is 0 Å². The predicted molar refractivity (Wildman–Crippen MR) is 141 cm³/mol. The SMILES string of the molecule is [C-]#[N+]c1ccc2c3c1O[C@H]1C4(OC)CCC5(CC4COCc4ccccc4)[C@@H](C2)N(CC2CC2)CC[C@]315. The van der Waals surface area contributed by atoms with E-state index in [2.05, 4.69) is 46.1 Å². The third-order valence-electron chi connectivity index (χ3n) is 11.4. The second kappa shape index (κ2) is 7.82. The first kappa shape index (κ1) is 22.6. The highest BCUT2D eigenvalue weighted by Gasteiger charge is 2.80. The van der Waals surface area contributed by atoms with E-state index >= 15 is 0 Å². The van der Waals surface area contributed by atoms with Crippen molar-refractivity contribution in [2.24, 2.45) is 17.3 Å². The van der Waals surface area contributed by atoms with Crippen molar-refractivity contribution in [3.8, 4) is 5.75 Å². The zero-order valence-corrected chi connectivity index (χ0v) is 21.7. The van der Waals surface area contributed by atoms with Gasteiger partial charge in [0.2, 0.25) is 5.69 Å². The molecule has 2 aliphatic heterocycles. The Bertz CT molecular complexity index is 1280. The van der Waals surface area contributed by atoms with Gasteiger partial charge in [-0.25, -0.2) is 4.85 Å². The van der Waals surface area contributed by atoms with Crippen LogP contribution in [0.4, 0.5) is 5.69 Å². The maximum absolute atomic E-state index is 7.91. The zero-order valence-electron chi connectivity index (χ0n) is 21.7. The molecule has 2 heterocycles. The number of fused-ring (bicyclic) bond motifs is 2. The Morgan fingerprint density at radius 1 is 1.11 bits per heavy atom. The molecule has 0 aromatic heterocycles. The van der Waals surface area contributed by atoms with Crippen molar-refractivity contribution < 1.29 is 14.2 Å². The highest BCUT2D eigenvalue weighted by Crippen LogP contribution is 2.76. The minimum Gasteiger partial charge on any atom is -0.497 e. The molecule has 5 fully saturated rings. The Balaban J connectivity index is 1.23. The smallest absolute Gasteiger partial charge is 0.228 e. The molecule has 5 heteroatoms. The summed E-state index contributed by atoms with van der Waals surface area (Å²) < 4.78 is 20.1. The maximum atomic E-state index is 7.91. The van der Waals surface area contributed by atoms with Crippen LogP contribution in [0.1, 0.15) is 55.2 Å². The highest BCUT2D eigenvalue weighted by atomic mass is 16.6. The van der Waals surface area contributed by atoms with Gasteiger partial charge in [0.1, 0.15) is 17.5 Å². The fourth-order valence-electron chi connectivity index (χ4n) is 9.73. The van der Waals surface area contributed by atoms with E-state index in [9.17, 15) is 0 Å². The van der Waals surface area contributed by atoms with Crippen LogP contribution in [0, 0.1) is 23.8 Å². The average Bonchev–Trinajstić information content (AvgIpc) is 3.68. The summed E-state index contributed by atoms with van der Waals surface area (Å²) in [5.41, 5.74) is 4.43. The van der Waals surface area contributed by atoms with Crippen LogP contribution in [-0.2, 0) is 27.9 Å². The van der Waals surface area contributed by atoms with Gasteiger partial charge in [0.25, 0.3) is 0 Å². The lowest BCUT2D eigenvalue weighted by atomic mass is 9.35. The van der Waals surface area contributed by atoms with E-state index < -0.39 is 0 Å². The van der Waals surface area contributed by atoms with Gasteiger partial charge in [-0.2, -0.15) is 0 Å². The molecule has 37 heavy (non-hydrogen) atoms. The first-order valence-corrected chi connectivity index (χ1v) is 14.3. The molecule has 1 saturated heterocycles. The maximum Gasteiger partial charge on any atom is 0.228 e. The molecule has 192 valence electrons. The summed E-state index contributed by atoms with van der Waals surface area (Å²) in [6.07, 6.45) is 8.27. The van der Waals surface area contributed by atoms with E-state index in [-0.39, 0.29) is 28.5 Å². The third kappa shape index (κ3) is 2.80. The van der Waals surface area contributed by atoms with Gasteiger partial charge in [-0.1, -0.05) is 42.5 Å². The molecule has 0 radical (unpaired) electrons. The van der Waals surface area contributed by atoms with E-state index in [1.54, 1.807) is 0 Å². The molecule has 2 spiro atoms. The molecule has 5 aliphatic carbocycles. The monoisotopic (exact) mass is 496 g/mol. The summed E-state index contributed by atoms with van der Waals surface area (Å²) in [6.45, 7) is 11.6. The molecule has 2 aromatic rings. The fourth-order valence-corrected chi connectivity index (χ4v) is 9.73. The lowest BCUT2D eigenvalue weighted by Crippen LogP contribution is -2.81. The number of rotatable bonds is 7. The molecule has 9 rings (SSSR count). The molecule has 3 unspecified atom stereocenters. The average molecular weight is 497 g/mol. The molecule has 5 nitrogen and oxygen atoms in total. The van der Waals surface area contributed by atoms with E-state index in [4.69, 9.17) is 20.8 Å². The van der Waals surface area contributed by atoms with Crippen LogP contribution in [0.5, 0.6) is 5.75 Å². The van der Waals surface area contributed by atoms with Gasteiger partial charge >= 0.3 is 0 Å². The zero-order chi connectivity index (χ0) is 24.8. The molecule has 0 N–H and O–H groups in total. The summed E-state index contributed by atoms with van der Waals surface area (Å²) in [4.78, 5) is 6.80.